The van der Waals surface area contributed by atoms with Crippen molar-refractivity contribution >= 4 is 5.91 Å². The molecule has 1 fully saturated rings. The standard InChI is InChI=1S/C35H50N2O/c1-7-8-9-10-29-15-17-32(18-16-29)34(38)37(33-21-25-36(26-22-33)24-20-28(2)3)27-31-13-11-30(12-14-31)19-23-35(4,5)6/h11-18,28,33H,7-10,20-22,24-27H2,1-6H3. The maximum Gasteiger partial charge on any atom is 0.254 e. The summed E-state index contributed by atoms with van der Waals surface area (Å²) in [5, 5.41) is 0. The zero-order valence-electron chi connectivity index (χ0n) is 24.9. The lowest BCUT2D eigenvalue weighted by atomic mass is 9.97. The van der Waals surface area contributed by atoms with Gasteiger partial charge in [-0.1, -0.05) is 69.7 Å². The lowest BCUT2D eigenvalue weighted by Crippen LogP contribution is -2.47. The molecule has 0 spiro atoms. The fourth-order valence-corrected chi connectivity index (χ4v) is 4.97. The monoisotopic (exact) mass is 514 g/mol. The molecule has 2 aromatic rings. The van der Waals surface area contributed by atoms with Gasteiger partial charge in [-0.3, -0.25) is 4.79 Å². The van der Waals surface area contributed by atoms with Gasteiger partial charge in [-0.2, -0.15) is 0 Å². The number of carbonyl (C=O) groups is 1. The highest BCUT2D eigenvalue weighted by Gasteiger charge is 2.29. The van der Waals surface area contributed by atoms with Crippen LogP contribution in [0.2, 0.25) is 0 Å². The zero-order valence-corrected chi connectivity index (χ0v) is 24.9. The Kier molecular flexibility index (Phi) is 11.5. The van der Waals surface area contributed by atoms with E-state index in [1.807, 2.05) is 12.1 Å². The summed E-state index contributed by atoms with van der Waals surface area (Å²) in [5.74, 6) is 7.48. The van der Waals surface area contributed by atoms with E-state index in [1.165, 1.54) is 31.2 Å². The van der Waals surface area contributed by atoms with E-state index in [2.05, 4.69) is 99.6 Å². The Bertz CT molecular complexity index is 1040. The first-order valence-corrected chi connectivity index (χ1v) is 14.9. The van der Waals surface area contributed by atoms with E-state index in [-0.39, 0.29) is 17.4 Å². The number of rotatable bonds is 11. The summed E-state index contributed by atoms with van der Waals surface area (Å²) in [7, 11) is 0. The summed E-state index contributed by atoms with van der Waals surface area (Å²) in [6.45, 7) is 17.1. The van der Waals surface area contributed by atoms with E-state index in [0.717, 1.165) is 61.5 Å². The third-order valence-electron chi connectivity index (χ3n) is 7.44. The van der Waals surface area contributed by atoms with Gasteiger partial charge in [-0.05, 0) is 101 Å². The average Bonchev–Trinajstić information content (AvgIpc) is 2.90. The number of likely N-dealkylation sites (tertiary alicyclic amines) is 1. The number of piperidine rings is 1. The third-order valence-corrected chi connectivity index (χ3v) is 7.44. The molecule has 2 aromatic carbocycles. The highest BCUT2D eigenvalue weighted by atomic mass is 16.2. The van der Waals surface area contributed by atoms with E-state index in [1.54, 1.807) is 0 Å². The van der Waals surface area contributed by atoms with E-state index >= 15 is 0 Å². The minimum absolute atomic E-state index is 0.0164. The smallest absolute Gasteiger partial charge is 0.254 e. The molecule has 206 valence electrons. The zero-order chi connectivity index (χ0) is 27.5. The van der Waals surface area contributed by atoms with Crippen LogP contribution in [0.5, 0.6) is 0 Å². The van der Waals surface area contributed by atoms with E-state index < -0.39 is 0 Å². The predicted octanol–water partition coefficient (Wildman–Crippen LogP) is 7.97. The molecule has 3 nitrogen and oxygen atoms in total. The Balaban J connectivity index is 1.74. The molecule has 0 N–H and O–H groups in total. The molecular formula is C35H50N2O. The molecule has 0 aromatic heterocycles. The van der Waals surface area contributed by atoms with Gasteiger partial charge >= 0.3 is 0 Å². The van der Waals surface area contributed by atoms with Crippen LogP contribution in [0.15, 0.2) is 48.5 Å². The summed E-state index contributed by atoms with van der Waals surface area (Å²) < 4.78 is 0. The Morgan fingerprint density at radius 3 is 2.18 bits per heavy atom. The molecular weight excluding hydrogens is 464 g/mol. The normalized spacial score (nSPS) is 14.8. The number of hydrogen-bond donors (Lipinski definition) is 0. The van der Waals surface area contributed by atoms with Gasteiger partial charge in [0.2, 0.25) is 0 Å². The molecule has 0 bridgehead atoms. The molecule has 0 atom stereocenters. The molecule has 1 amide bonds. The number of benzene rings is 2. The van der Waals surface area contributed by atoms with Gasteiger partial charge in [0, 0.05) is 42.2 Å². The van der Waals surface area contributed by atoms with Crippen molar-refractivity contribution < 1.29 is 4.79 Å². The van der Waals surface area contributed by atoms with Gasteiger partial charge < -0.3 is 9.80 Å². The molecule has 0 saturated carbocycles. The Morgan fingerprint density at radius 1 is 0.974 bits per heavy atom. The van der Waals surface area contributed by atoms with Crippen molar-refractivity contribution in [3.05, 3.63) is 70.8 Å². The first-order valence-electron chi connectivity index (χ1n) is 14.9. The van der Waals surface area contributed by atoms with Crippen molar-refractivity contribution in [3.8, 4) is 11.8 Å². The maximum atomic E-state index is 13.9. The van der Waals surface area contributed by atoms with Crippen molar-refractivity contribution in [2.45, 2.75) is 99.1 Å². The van der Waals surface area contributed by atoms with E-state index in [9.17, 15) is 4.79 Å². The lowest BCUT2D eigenvalue weighted by molar-refractivity contribution is 0.0546. The SMILES string of the molecule is CCCCCc1ccc(C(=O)N(Cc2ccc(C#CC(C)(C)C)cc2)C2CCN(CCC(C)C)CC2)cc1. The highest BCUT2D eigenvalue weighted by Crippen LogP contribution is 2.23. The highest BCUT2D eigenvalue weighted by molar-refractivity contribution is 5.94. The number of nitrogens with zero attached hydrogens (tertiary/aromatic N) is 2. The number of amides is 1. The molecule has 1 aliphatic rings. The largest absolute Gasteiger partial charge is 0.331 e. The van der Waals surface area contributed by atoms with Crippen LogP contribution in [0.4, 0.5) is 0 Å². The van der Waals surface area contributed by atoms with Crippen LogP contribution in [0.25, 0.3) is 0 Å². The van der Waals surface area contributed by atoms with Gasteiger partial charge in [0.05, 0.1) is 0 Å². The van der Waals surface area contributed by atoms with E-state index in [0.29, 0.717) is 6.54 Å². The summed E-state index contributed by atoms with van der Waals surface area (Å²) in [6, 6.07) is 17.1. The van der Waals surface area contributed by atoms with Crippen LogP contribution in [0, 0.1) is 23.2 Å². The minimum atomic E-state index is -0.0164. The number of unbranched alkanes of at least 4 members (excludes halogenated alkanes) is 2. The molecule has 38 heavy (non-hydrogen) atoms. The van der Waals surface area contributed by atoms with E-state index in [4.69, 9.17) is 0 Å². The van der Waals surface area contributed by atoms with Gasteiger partial charge in [0.25, 0.3) is 5.91 Å². The second kappa shape index (κ2) is 14.5. The second-order valence-corrected chi connectivity index (χ2v) is 12.5. The van der Waals surface area contributed by atoms with Crippen molar-refractivity contribution in [2.24, 2.45) is 11.3 Å². The predicted molar refractivity (Wildman–Crippen MR) is 161 cm³/mol. The van der Waals surface area contributed by atoms with Crippen molar-refractivity contribution in [3.63, 3.8) is 0 Å². The van der Waals surface area contributed by atoms with Gasteiger partial charge in [0.15, 0.2) is 0 Å². The first kappa shape index (κ1) is 30.0. The Labute approximate surface area is 233 Å². The van der Waals surface area contributed by atoms with Crippen LogP contribution in [-0.2, 0) is 13.0 Å². The minimum Gasteiger partial charge on any atom is -0.331 e. The molecule has 1 heterocycles. The molecule has 3 rings (SSSR count). The van der Waals surface area contributed by atoms with Crippen molar-refractivity contribution in [1.82, 2.24) is 9.80 Å². The fourth-order valence-electron chi connectivity index (χ4n) is 4.97. The summed E-state index contributed by atoms with van der Waals surface area (Å²) in [4.78, 5) is 18.6. The van der Waals surface area contributed by atoms with Crippen LogP contribution in [0.3, 0.4) is 0 Å². The Morgan fingerprint density at radius 2 is 1.61 bits per heavy atom. The van der Waals surface area contributed by atoms with Crippen LogP contribution in [-0.4, -0.2) is 41.4 Å². The quantitative estimate of drug-likeness (QED) is 0.224. The maximum absolute atomic E-state index is 13.9. The molecule has 0 unspecified atom stereocenters. The summed E-state index contributed by atoms with van der Waals surface area (Å²) in [5.41, 5.74) is 4.31. The summed E-state index contributed by atoms with van der Waals surface area (Å²) >= 11 is 0. The number of aryl methyl sites for hydroxylation is 1. The summed E-state index contributed by atoms with van der Waals surface area (Å²) in [6.07, 6.45) is 8.09. The third kappa shape index (κ3) is 9.95. The molecule has 0 radical (unpaired) electrons. The first-order chi connectivity index (χ1) is 18.1. The number of carbonyl (C=O) groups excluding carboxylic acids is 1. The lowest BCUT2D eigenvalue weighted by Gasteiger charge is -2.39. The molecule has 0 aliphatic carbocycles. The Hall–Kier alpha value is -2.57. The van der Waals surface area contributed by atoms with Crippen molar-refractivity contribution in [2.75, 3.05) is 19.6 Å². The fraction of sp³-hybridized carbons (Fsp3) is 0.571. The molecule has 3 heteroatoms. The van der Waals surface area contributed by atoms with Gasteiger partial charge in [0.1, 0.15) is 0 Å². The van der Waals surface area contributed by atoms with Crippen molar-refractivity contribution in [1.29, 1.82) is 0 Å². The molecule has 1 aliphatic heterocycles. The van der Waals surface area contributed by atoms with Crippen LogP contribution in [0.1, 0.15) is 107 Å². The van der Waals surface area contributed by atoms with Crippen LogP contribution >= 0.6 is 0 Å². The van der Waals surface area contributed by atoms with Gasteiger partial charge in [-0.25, -0.2) is 0 Å². The van der Waals surface area contributed by atoms with Gasteiger partial charge in [-0.15, -0.1) is 0 Å². The topological polar surface area (TPSA) is 23.6 Å². The van der Waals surface area contributed by atoms with Crippen LogP contribution < -0.4 is 0 Å². The molecule has 1 saturated heterocycles. The number of hydrogen-bond acceptors (Lipinski definition) is 2. The second-order valence-electron chi connectivity index (χ2n) is 12.5. The average molecular weight is 515 g/mol.